The molecule has 90 valence electrons. The van der Waals surface area contributed by atoms with Crippen LogP contribution in [0.15, 0.2) is 40.0 Å². The van der Waals surface area contributed by atoms with Gasteiger partial charge in [0, 0.05) is 16.2 Å². The van der Waals surface area contributed by atoms with Crippen LogP contribution in [-0.2, 0) is 0 Å². The average Bonchev–Trinajstić information content (AvgIpc) is 2.63. The van der Waals surface area contributed by atoms with Crippen LogP contribution in [0.25, 0.3) is 15.9 Å². The second kappa shape index (κ2) is 4.70. The summed E-state index contributed by atoms with van der Waals surface area (Å²) in [7, 11) is 0. The highest BCUT2D eigenvalue weighted by atomic mass is 79.9. The van der Waals surface area contributed by atoms with Crippen molar-refractivity contribution in [2.45, 2.75) is 0 Å². The van der Waals surface area contributed by atoms with Gasteiger partial charge in [-0.3, -0.25) is 4.99 Å². The Morgan fingerprint density at radius 1 is 1.33 bits per heavy atom. The molecule has 0 unspecified atom stereocenters. The SMILES string of the molecule is FC1=NCC=C(c2nc3ncc(Br)cc3s2)C=C1. The second-order valence-corrected chi connectivity index (χ2v) is 5.60. The molecule has 1 aliphatic rings. The predicted octanol–water partition coefficient (Wildman–Crippen LogP) is 3.78. The van der Waals surface area contributed by atoms with Crippen molar-refractivity contribution >= 4 is 49.2 Å². The van der Waals surface area contributed by atoms with Gasteiger partial charge >= 0.3 is 0 Å². The summed E-state index contributed by atoms with van der Waals surface area (Å²) in [5, 5.41) is 0.830. The van der Waals surface area contributed by atoms with Gasteiger partial charge in [0.2, 0.25) is 5.97 Å². The highest BCUT2D eigenvalue weighted by molar-refractivity contribution is 9.10. The molecule has 18 heavy (non-hydrogen) atoms. The van der Waals surface area contributed by atoms with Crippen molar-refractivity contribution in [1.82, 2.24) is 9.97 Å². The van der Waals surface area contributed by atoms with Gasteiger partial charge in [-0.05, 0) is 34.1 Å². The average molecular weight is 324 g/mol. The Hall–Kier alpha value is -1.40. The molecule has 0 amide bonds. The Labute approximate surface area is 115 Å². The molecule has 3 nitrogen and oxygen atoms in total. The molecule has 0 bridgehead atoms. The Morgan fingerprint density at radius 2 is 2.22 bits per heavy atom. The maximum Gasteiger partial charge on any atom is 0.208 e. The summed E-state index contributed by atoms with van der Waals surface area (Å²) in [6, 6.07) is 1.97. The van der Waals surface area contributed by atoms with Crippen molar-refractivity contribution in [3.63, 3.8) is 0 Å². The minimum Gasteiger partial charge on any atom is -0.254 e. The standard InChI is InChI=1S/C12H7BrFN3S/c13-8-5-9-11(16-6-8)17-12(18-9)7-1-2-10(14)15-4-3-7/h1-3,5-6H,4H2. The molecule has 6 heteroatoms. The number of halogens is 2. The maximum absolute atomic E-state index is 13.0. The lowest BCUT2D eigenvalue weighted by Crippen LogP contribution is -1.81. The number of fused-ring (bicyclic) bond motifs is 1. The fourth-order valence-electron chi connectivity index (χ4n) is 1.59. The second-order valence-electron chi connectivity index (χ2n) is 3.65. The van der Waals surface area contributed by atoms with Gasteiger partial charge in [-0.15, -0.1) is 11.3 Å². The molecule has 0 saturated carbocycles. The van der Waals surface area contributed by atoms with E-state index in [1.54, 1.807) is 12.3 Å². The highest BCUT2D eigenvalue weighted by Crippen LogP contribution is 2.29. The van der Waals surface area contributed by atoms with Crippen molar-refractivity contribution in [2.75, 3.05) is 6.54 Å². The summed E-state index contributed by atoms with van der Waals surface area (Å²) in [5.41, 5.74) is 1.59. The van der Waals surface area contributed by atoms with E-state index in [4.69, 9.17) is 0 Å². The van der Waals surface area contributed by atoms with Gasteiger partial charge < -0.3 is 0 Å². The van der Waals surface area contributed by atoms with Crippen LogP contribution in [0, 0.1) is 0 Å². The topological polar surface area (TPSA) is 38.1 Å². The first-order valence-corrected chi connectivity index (χ1v) is 6.84. The number of aromatic nitrogens is 2. The Bertz CT molecular complexity index is 702. The van der Waals surface area contributed by atoms with Crippen LogP contribution in [0.5, 0.6) is 0 Å². The fourth-order valence-corrected chi connectivity index (χ4v) is 3.06. The number of nitrogens with zero attached hydrogens (tertiary/aromatic N) is 3. The quantitative estimate of drug-likeness (QED) is 0.801. The summed E-state index contributed by atoms with van der Waals surface area (Å²) in [6.45, 7) is 0.335. The van der Waals surface area contributed by atoms with Crippen LogP contribution in [0.3, 0.4) is 0 Å². The summed E-state index contributed by atoms with van der Waals surface area (Å²) >= 11 is 4.91. The van der Waals surface area contributed by atoms with E-state index in [0.717, 1.165) is 19.8 Å². The fraction of sp³-hybridized carbons (Fsp3) is 0.0833. The summed E-state index contributed by atoms with van der Waals surface area (Å²) in [4.78, 5) is 12.4. The van der Waals surface area contributed by atoms with E-state index in [0.29, 0.717) is 12.2 Å². The van der Waals surface area contributed by atoms with Crippen LogP contribution in [0.4, 0.5) is 4.39 Å². The molecule has 3 rings (SSSR count). The van der Waals surface area contributed by atoms with Gasteiger partial charge in [0.15, 0.2) is 5.65 Å². The van der Waals surface area contributed by atoms with Crippen molar-refractivity contribution in [3.05, 3.63) is 40.0 Å². The van der Waals surface area contributed by atoms with Crippen molar-refractivity contribution < 1.29 is 4.39 Å². The molecule has 1 aliphatic heterocycles. The molecule has 0 radical (unpaired) electrons. The minimum atomic E-state index is -0.455. The third-order valence-corrected chi connectivity index (χ3v) is 3.89. The van der Waals surface area contributed by atoms with Crippen LogP contribution >= 0.6 is 27.3 Å². The lowest BCUT2D eigenvalue weighted by molar-refractivity contribution is 0.805. The van der Waals surface area contributed by atoms with Gasteiger partial charge in [0.05, 0.1) is 11.2 Å². The van der Waals surface area contributed by atoms with E-state index >= 15 is 0 Å². The molecule has 0 N–H and O–H groups in total. The number of hydrogen-bond donors (Lipinski definition) is 0. The predicted molar refractivity (Wildman–Crippen MR) is 75.6 cm³/mol. The van der Waals surface area contributed by atoms with E-state index in [1.165, 1.54) is 17.4 Å². The summed E-state index contributed by atoms with van der Waals surface area (Å²) < 4.78 is 14.9. The lowest BCUT2D eigenvalue weighted by atomic mass is 10.2. The van der Waals surface area contributed by atoms with Crippen LogP contribution < -0.4 is 0 Å². The van der Waals surface area contributed by atoms with Gasteiger partial charge in [-0.1, -0.05) is 6.08 Å². The molecular weight excluding hydrogens is 317 g/mol. The van der Waals surface area contributed by atoms with Crippen LogP contribution in [0.1, 0.15) is 5.01 Å². The van der Waals surface area contributed by atoms with E-state index in [9.17, 15) is 4.39 Å². The molecule has 0 aliphatic carbocycles. The van der Waals surface area contributed by atoms with Crippen molar-refractivity contribution in [1.29, 1.82) is 0 Å². The number of aliphatic imine (C=N–C) groups is 1. The zero-order valence-corrected chi connectivity index (χ0v) is 11.5. The van der Waals surface area contributed by atoms with Gasteiger partial charge in [-0.2, -0.15) is 4.39 Å². The zero-order chi connectivity index (χ0) is 12.5. The van der Waals surface area contributed by atoms with Crippen LogP contribution in [-0.4, -0.2) is 22.5 Å². The normalized spacial score (nSPS) is 15.4. The summed E-state index contributed by atoms with van der Waals surface area (Å²) in [6.07, 6.45) is 6.62. The van der Waals surface area contributed by atoms with E-state index in [-0.39, 0.29) is 0 Å². The smallest absolute Gasteiger partial charge is 0.208 e. The number of thiazole rings is 1. The Kier molecular flexibility index (Phi) is 3.05. The molecule has 3 heterocycles. The lowest BCUT2D eigenvalue weighted by Gasteiger charge is -1.92. The van der Waals surface area contributed by atoms with E-state index in [2.05, 4.69) is 30.9 Å². The monoisotopic (exact) mass is 323 g/mol. The Morgan fingerprint density at radius 3 is 3.11 bits per heavy atom. The third-order valence-electron chi connectivity index (χ3n) is 2.41. The molecule has 0 fully saturated rings. The molecule has 0 spiro atoms. The maximum atomic E-state index is 13.0. The van der Waals surface area contributed by atoms with Gasteiger partial charge in [0.1, 0.15) is 5.01 Å². The minimum absolute atomic E-state index is 0.335. The number of pyridine rings is 1. The zero-order valence-electron chi connectivity index (χ0n) is 9.10. The van der Waals surface area contributed by atoms with Gasteiger partial charge in [0.25, 0.3) is 0 Å². The first-order valence-electron chi connectivity index (χ1n) is 5.23. The Balaban J connectivity index is 2.05. The highest BCUT2D eigenvalue weighted by Gasteiger charge is 2.09. The number of hydrogen-bond acceptors (Lipinski definition) is 4. The van der Waals surface area contributed by atoms with Crippen molar-refractivity contribution in [2.24, 2.45) is 4.99 Å². The molecule has 0 saturated heterocycles. The molecule has 2 aromatic heterocycles. The van der Waals surface area contributed by atoms with Crippen molar-refractivity contribution in [3.8, 4) is 0 Å². The largest absolute Gasteiger partial charge is 0.254 e. The van der Waals surface area contributed by atoms with E-state index in [1.807, 2.05) is 12.1 Å². The first kappa shape index (κ1) is 11.7. The first-order chi connectivity index (χ1) is 8.72. The molecular formula is C12H7BrFN3S. The molecule has 0 atom stereocenters. The van der Waals surface area contributed by atoms with Gasteiger partial charge in [-0.25, -0.2) is 9.97 Å². The summed E-state index contributed by atoms with van der Waals surface area (Å²) in [5.74, 6) is -0.455. The molecule has 2 aromatic rings. The molecule has 0 aromatic carbocycles. The number of rotatable bonds is 1. The third kappa shape index (κ3) is 2.26. The van der Waals surface area contributed by atoms with Crippen LogP contribution in [0.2, 0.25) is 0 Å². The van der Waals surface area contributed by atoms with E-state index < -0.39 is 5.97 Å². The number of allylic oxidation sites excluding steroid dienone is 3.